The maximum absolute atomic E-state index is 13.7. The minimum atomic E-state index is -0.557. The Morgan fingerprint density at radius 2 is 1.67 bits per heavy atom. The average Bonchev–Trinajstić information content (AvgIpc) is 2.88. The fraction of sp³-hybridized carbons (Fsp3) is 0.357. The van der Waals surface area contributed by atoms with E-state index >= 15 is 0 Å². The van der Waals surface area contributed by atoms with Crippen LogP contribution in [0, 0.1) is 5.92 Å². The van der Waals surface area contributed by atoms with Gasteiger partial charge in [-0.1, -0.05) is 66.7 Å². The van der Waals surface area contributed by atoms with Crippen LogP contribution in [0.1, 0.15) is 29.5 Å². The van der Waals surface area contributed by atoms with Gasteiger partial charge in [-0.25, -0.2) is 0 Å². The summed E-state index contributed by atoms with van der Waals surface area (Å²) in [5.74, 6) is -0.00627. The summed E-state index contributed by atoms with van der Waals surface area (Å²) in [4.78, 5) is 28.7. The molecule has 0 aliphatic carbocycles. The summed E-state index contributed by atoms with van der Waals surface area (Å²) in [6, 6.07) is 22.3. The van der Waals surface area contributed by atoms with Crippen LogP contribution in [0.15, 0.2) is 66.7 Å². The lowest BCUT2D eigenvalue weighted by Crippen LogP contribution is -2.52. The number of fused-ring (bicyclic) bond motifs is 2. The molecule has 5 nitrogen and oxygen atoms in total. The first-order valence-electron chi connectivity index (χ1n) is 12.0. The maximum Gasteiger partial charge on any atom is 0.245 e. The lowest BCUT2D eigenvalue weighted by Gasteiger charge is -2.33. The minimum absolute atomic E-state index is 0.00745. The molecule has 1 fully saturated rings. The third-order valence-corrected chi connectivity index (χ3v) is 7.02. The van der Waals surface area contributed by atoms with Crippen molar-refractivity contribution in [3.8, 4) is 0 Å². The minimum Gasteiger partial charge on any atom is -0.344 e. The van der Waals surface area contributed by atoms with Crippen LogP contribution < -0.4 is 10.6 Å². The predicted molar refractivity (Wildman–Crippen MR) is 131 cm³/mol. The second kappa shape index (κ2) is 9.75. The normalized spacial score (nSPS) is 17.4. The number of rotatable bonds is 5. The van der Waals surface area contributed by atoms with Crippen molar-refractivity contribution in [3.63, 3.8) is 0 Å². The number of hydrogen-bond donors (Lipinski definition) is 2. The van der Waals surface area contributed by atoms with E-state index < -0.39 is 6.04 Å². The molecule has 3 aromatic rings. The van der Waals surface area contributed by atoms with E-state index in [2.05, 4.69) is 59.2 Å². The Hall–Kier alpha value is -3.18. The zero-order chi connectivity index (χ0) is 22.6. The highest BCUT2D eigenvalue weighted by Gasteiger charge is 2.31. The third-order valence-electron chi connectivity index (χ3n) is 7.02. The van der Waals surface area contributed by atoms with E-state index in [4.69, 9.17) is 0 Å². The van der Waals surface area contributed by atoms with E-state index in [1.807, 2.05) is 23.1 Å². The van der Waals surface area contributed by atoms with Crippen molar-refractivity contribution in [2.45, 2.75) is 38.3 Å². The van der Waals surface area contributed by atoms with Crippen molar-refractivity contribution in [2.24, 2.45) is 5.92 Å². The number of nitrogens with one attached hydrogen (secondary N) is 2. The van der Waals surface area contributed by atoms with E-state index in [9.17, 15) is 9.59 Å². The van der Waals surface area contributed by atoms with E-state index in [0.29, 0.717) is 19.5 Å². The molecule has 2 aliphatic rings. The molecular formula is C28H31N3O2. The molecule has 2 amide bonds. The molecule has 2 aliphatic heterocycles. The van der Waals surface area contributed by atoms with Gasteiger partial charge in [-0.3, -0.25) is 9.59 Å². The molecule has 170 valence electrons. The maximum atomic E-state index is 13.7. The fourth-order valence-corrected chi connectivity index (χ4v) is 5.08. The molecule has 0 saturated carbocycles. The number of nitrogens with zero attached hydrogens (tertiary/aromatic N) is 1. The van der Waals surface area contributed by atoms with Crippen LogP contribution in [0.25, 0.3) is 10.8 Å². The first-order valence-corrected chi connectivity index (χ1v) is 12.0. The summed E-state index contributed by atoms with van der Waals surface area (Å²) in [5.41, 5.74) is 3.58. The molecule has 2 N–H and O–H groups in total. The van der Waals surface area contributed by atoms with Gasteiger partial charge >= 0.3 is 0 Å². The number of piperidine rings is 1. The van der Waals surface area contributed by atoms with Crippen LogP contribution in [-0.2, 0) is 29.0 Å². The van der Waals surface area contributed by atoms with Gasteiger partial charge in [-0.05, 0) is 59.8 Å². The summed E-state index contributed by atoms with van der Waals surface area (Å²) < 4.78 is 0. The van der Waals surface area contributed by atoms with Gasteiger partial charge in [0.25, 0.3) is 0 Å². The van der Waals surface area contributed by atoms with Gasteiger partial charge in [-0.2, -0.15) is 0 Å². The Balaban J connectivity index is 1.37. The van der Waals surface area contributed by atoms with Gasteiger partial charge in [0.05, 0.1) is 0 Å². The molecule has 5 heteroatoms. The van der Waals surface area contributed by atoms with Crippen LogP contribution in [-0.4, -0.2) is 42.4 Å². The number of hydrogen-bond acceptors (Lipinski definition) is 3. The summed E-state index contributed by atoms with van der Waals surface area (Å²) >= 11 is 0. The van der Waals surface area contributed by atoms with E-state index in [-0.39, 0.29) is 17.7 Å². The highest BCUT2D eigenvalue weighted by atomic mass is 16.2. The molecule has 1 atom stereocenters. The lowest BCUT2D eigenvalue weighted by atomic mass is 9.95. The smallest absolute Gasteiger partial charge is 0.245 e. The van der Waals surface area contributed by atoms with Gasteiger partial charge < -0.3 is 15.5 Å². The van der Waals surface area contributed by atoms with E-state index in [1.165, 1.54) is 16.5 Å². The zero-order valence-electron chi connectivity index (χ0n) is 18.9. The van der Waals surface area contributed by atoms with Crippen molar-refractivity contribution < 1.29 is 9.59 Å². The second-order valence-corrected chi connectivity index (χ2v) is 9.25. The van der Waals surface area contributed by atoms with Gasteiger partial charge in [-0.15, -0.1) is 0 Å². The van der Waals surface area contributed by atoms with Crippen molar-refractivity contribution >= 4 is 22.6 Å². The Labute approximate surface area is 195 Å². The van der Waals surface area contributed by atoms with Crippen molar-refractivity contribution in [1.82, 2.24) is 15.5 Å². The first-order chi connectivity index (χ1) is 16.2. The molecule has 0 unspecified atom stereocenters. The number of carbonyl (C=O) groups excluding carboxylic acids is 2. The number of carbonyl (C=O) groups is 2. The topological polar surface area (TPSA) is 61.4 Å². The van der Waals surface area contributed by atoms with Crippen LogP contribution in [0.2, 0.25) is 0 Å². The van der Waals surface area contributed by atoms with Gasteiger partial charge in [0.2, 0.25) is 11.8 Å². The Bertz CT molecular complexity index is 1150. The molecule has 0 bridgehead atoms. The largest absolute Gasteiger partial charge is 0.344 e. The molecule has 5 rings (SSSR count). The van der Waals surface area contributed by atoms with Gasteiger partial charge in [0.15, 0.2) is 0 Å². The quantitative estimate of drug-likeness (QED) is 0.638. The number of amides is 2. The third kappa shape index (κ3) is 4.93. The van der Waals surface area contributed by atoms with Crippen molar-refractivity contribution in [1.29, 1.82) is 0 Å². The SMILES string of the molecule is O=C(N[C@H](Cc1ccc2ccccc2c1)C(=O)N1CCc2ccccc2C1)C1CCNCC1. The molecular weight excluding hydrogens is 410 g/mol. The summed E-state index contributed by atoms with van der Waals surface area (Å²) in [6.45, 7) is 2.99. The van der Waals surface area contributed by atoms with Crippen molar-refractivity contribution in [3.05, 3.63) is 83.4 Å². The molecule has 0 aromatic heterocycles. The standard InChI is InChI=1S/C28H31N3O2/c32-27(23-11-14-29-15-12-23)30-26(18-20-9-10-21-5-1-3-7-24(21)17-20)28(33)31-16-13-22-6-2-4-8-25(22)19-31/h1-10,17,23,26,29H,11-16,18-19H2,(H,30,32)/t26-/m1/s1. The molecule has 0 spiro atoms. The monoisotopic (exact) mass is 441 g/mol. The van der Waals surface area contributed by atoms with Crippen LogP contribution >= 0.6 is 0 Å². The first kappa shape index (κ1) is 21.7. The predicted octanol–water partition coefficient (Wildman–Crippen LogP) is 3.45. The Kier molecular flexibility index (Phi) is 6.40. The molecule has 3 aromatic carbocycles. The van der Waals surface area contributed by atoms with Crippen LogP contribution in [0.5, 0.6) is 0 Å². The second-order valence-electron chi connectivity index (χ2n) is 9.25. The Morgan fingerprint density at radius 1 is 0.939 bits per heavy atom. The average molecular weight is 442 g/mol. The van der Waals surface area contributed by atoms with Crippen LogP contribution in [0.4, 0.5) is 0 Å². The zero-order valence-corrected chi connectivity index (χ0v) is 18.9. The summed E-state index contributed by atoms with van der Waals surface area (Å²) in [5, 5.41) is 8.78. The lowest BCUT2D eigenvalue weighted by molar-refractivity contribution is -0.138. The highest BCUT2D eigenvalue weighted by molar-refractivity contribution is 5.89. The van der Waals surface area contributed by atoms with Crippen LogP contribution in [0.3, 0.4) is 0 Å². The Morgan fingerprint density at radius 3 is 2.48 bits per heavy atom. The summed E-state index contributed by atoms with van der Waals surface area (Å²) in [6.07, 6.45) is 2.99. The van der Waals surface area contributed by atoms with Gasteiger partial charge in [0.1, 0.15) is 6.04 Å². The number of benzene rings is 3. The molecule has 33 heavy (non-hydrogen) atoms. The van der Waals surface area contributed by atoms with Crippen molar-refractivity contribution in [2.75, 3.05) is 19.6 Å². The van der Waals surface area contributed by atoms with E-state index in [0.717, 1.165) is 43.3 Å². The molecule has 0 radical (unpaired) electrons. The van der Waals surface area contributed by atoms with E-state index in [1.54, 1.807) is 0 Å². The van der Waals surface area contributed by atoms with Gasteiger partial charge in [0, 0.05) is 25.4 Å². The fourth-order valence-electron chi connectivity index (χ4n) is 5.08. The summed E-state index contributed by atoms with van der Waals surface area (Å²) in [7, 11) is 0. The molecule has 1 saturated heterocycles. The highest BCUT2D eigenvalue weighted by Crippen LogP contribution is 2.22. The molecule has 2 heterocycles.